The zero-order valence-electron chi connectivity index (χ0n) is 16.6. The highest BCUT2D eigenvalue weighted by Crippen LogP contribution is 2.19. The first kappa shape index (κ1) is 21.0. The molecule has 1 aromatic heterocycles. The van der Waals surface area contributed by atoms with E-state index in [4.69, 9.17) is 11.5 Å². The van der Waals surface area contributed by atoms with Gasteiger partial charge >= 0.3 is 0 Å². The van der Waals surface area contributed by atoms with E-state index in [1.807, 2.05) is 36.4 Å². The molecule has 1 aromatic carbocycles. The number of carbonyl (C=O) groups is 2. The number of likely N-dealkylation sites (tertiary alicyclic amines) is 1. The second-order valence-electron chi connectivity index (χ2n) is 7.43. The highest BCUT2D eigenvalue weighted by molar-refractivity contribution is 5.90. The summed E-state index contributed by atoms with van der Waals surface area (Å²) in [5.74, 6) is -0.281. The predicted octanol–water partition coefficient (Wildman–Crippen LogP) is 1.11. The van der Waals surface area contributed by atoms with Gasteiger partial charge in [0.2, 0.25) is 11.8 Å². The van der Waals surface area contributed by atoms with E-state index >= 15 is 0 Å². The predicted molar refractivity (Wildman–Crippen MR) is 111 cm³/mol. The fourth-order valence-corrected chi connectivity index (χ4v) is 3.61. The van der Waals surface area contributed by atoms with Gasteiger partial charge in [-0.1, -0.05) is 30.3 Å². The quantitative estimate of drug-likeness (QED) is 0.619. The third-order valence-electron chi connectivity index (χ3n) is 5.35. The van der Waals surface area contributed by atoms with Crippen LogP contribution in [0.15, 0.2) is 48.8 Å². The van der Waals surface area contributed by atoms with Crippen LogP contribution in [-0.2, 0) is 29.1 Å². The minimum Gasteiger partial charge on any atom is -0.350 e. The van der Waals surface area contributed by atoms with E-state index in [0.29, 0.717) is 38.9 Å². The normalized spacial score (nSPS) is 17.2. The summed E-state index contributed by atoms with van der Waals surface area (Å²) in [6, 6.07) is 10.6. The molecule has 1 saturated heterocycles. The second kappa shape index (κ2) is 10.1. The molecule has 2 heterocycles. The Bertz CT molecular complexity index is 810. The first-order valence-electron chi connectivity index (χ1n) is 10.1. The van der Waals surface area contributed by atoms with Gasteiger partial charge in [-0.2, -0.15) is 0 Å². The molecule has 0 aliphatic carbocycles. The number of amides is 2. The van der Waals surface area contributed by atoms with Gasteiger partial charge in [-0.15, -0.1) is 0 Å². The summed E-state index contributed by atoms with van der Waals surface area (Å²) in [7, 11) is 0. The van der Waals surface area contributed by atoms with Crippen molar-refractivity contribution in [3.63, 3.8) is 0 Å². The maximum absolute atomic E-state index is 12.8. The van der Waals surface area contributed by atoms with Gasteiger partial charge in [0.25, 0.3) is 0 Å². The summed E-state index contributed by atoms with van der Waals surface area (Å²) in [5.41, 5.74) is 14.8. The number of aromatic nitrogens is 1. The van der Waals surface area contributed by atoms with Crippen LogP contribution in [0.1, 0.15) is 36.0 Å². The molecule has 1 aliphatic heterocycles. The zero-order valence-corrected chi connectivity index (χ0v) is 16.6. The highest BCUT2D eigenvalue weighted by Gasteiger charge is 2.35. The van der Waals surface area contributed by atoms with Crippen LogP contribution < -0.4 is 16.8 Å². The number of rotatable bonds is 8. The van der Waals surface area contributed by atoms with E-state index in [-0.39, 0.29) is 11.8 Å². The zero-order chi connectivity index (χ0) is 20.6. The summed E-state index contributed by atoms with van der Waals surface area (Å²) >= 11 is 0. The van der Waals surface area contributed by atoms with E-state index in [1.165, 1.54) is 0 Å². The van der Waals surface area contributed by atoms with Gasteiger partial charge in [0.1, 0.15) is 6.04 Å². The molecule has 0 spiro atoms. The first-order valence-corrected chi connectivity index (χ1v) is 10.1. The minimum atomic E-state index is -0.618. The van der Waals surface area contributed by atoms with E-state index in [0.717, 1.165) is 23.1 Å². The molecule has 1 fully saturated rings. The number of pyridine rings is 1. The molecule has 154 valence electrons. The second-order valence-corrected chi connectivity index (χ2v) is 7.43. The van der Waals surface area contributed by atoms with Crippen LogP contribution >= 0.6 is 0 Å². The van der Waals surface area contributed by atoms with Crippen LogP contribution in [0.5, 0.6) is 0 Å². The number of aryl methyl sites for hydroxylation is 1. The lowest BCUT2D eigenvalue weighted by Crippen LogP contribution is -2.51. The van der Waals surface area contributed by atoms with Crippen LogP contribution in [0.3, 0.4) is 0 Å². The smallest absolute Gasteiger partial charge is 0.243 e. The lowest BCUT2D eigenvalue weighted by atomic mass is 10.1. The molecule has 1 aliphatic rings. The largest absolute Gasteiger partial charge is 0.350 e. The molecule has 0 bridgehead atoms. The number of nitrogens with one attached hydrogen (secondary N) is 1. The molecule has 0 radical (unpaired) electrons. The molecule has 29 heavy (non-hydrogen) atoms. The number of carbonyl (C=O) groups excluding carboxylic acids is 2. The number of hydrogen-bond acceptors (Lipinski definition) is 5. The Morgan fingerprint density at radius 2 is 1.93 bits per heavy atom. The van der Waals surface area contributed by atoms with Crippen molar-refractivity contribution in [2.75, 3.05) is 6.54 Å². The van der Waals surface area contributed by atoms with Crippen molar-refractivity contribution in [1.29, 1.82) is 0 Å². The Labute approximate surface area is 171 Å². The molecule has 2 amide bonds. The Hall–Kier alpha value is -2.77. The Kier molecular flexibility index (Phi) is 7.32. The van der Waals surface area contributed by atoms with Crippen LogP contribution in [0.2, 0.25) is 0 Å². The van der Waals surface area contributed by atoms with Crippen molar-refractivity contribution in [3.05, 3.63) is 65.5 Å². The van der Waals surface area contributed by atoms with Gasteiger partial charge in [0.05, 0.1) is 6.04 Å². The van der Waals surface area contributed by atoms with Crippen molar-refractivity contribution >= 4 is 11.8 Å². The summed E-state index contributed by atoms with van der Waals surface area (Å²) in [6.07, 6.45) is 6.19. The van der Waals surface area contributed by atoms with Crippen LogP contribution in [0, 0.1) is 0 Å². The Morgan fingerprint density at radius 1 is 1.17 bits per heavy atom. The Balaban J connectivity index is 1.52. The summed E-state index contributed by atoms with van der Waals surface area (Å²) in [4.78, 5) is 31.2. The van der Waals surface area contributed by atoms with Crippen molar-refractivity contribution < 1.29 is 9.59 Å². The summed E-state index contributed by atoms with van der Waals surface area (Å²) < 4.78 is 0. The van der Waals surface area contributed by atoms with Gasteiger partial charge in [0, 0.05) is 32.0 Å². The molecule has 2 atom stereocenters. The van der Waals surface area contributed by atoms with Gasteiger partial charge < -0.3 is 21.7 Å². The van der Waals surface area contributed by atoms with Crippen molar-refractivity contribution in [2.45, 2.75) is 50.9 Å². The van der Waals surface area contributed by atoms with Gasteiger partial charge in [0.15, 0.2) is 0 Å². The van der Waals surface area contributed by atoms with Gasteiger partial charge in [-0.05, 0) is 48.4 Å². The van der Waals surface area contributed by atoms with Gasteiger partial charge in [-0.25, -0.2) is 0 Å². The fraction of sp³-hybridized carbons (Fsp3) is 0.409. The maximum atomic E-state index is 12.8. The molecule has 7 heteroatoms. The topological polar surface area (TPSA) is 114 Å². The van der Waals surface area contributed by atoms with Crippen LogP contribution in [0.25, 0.3) is 0 Å². The fourth-order valence-electron chi connectivity index (χ4n) is 3.61. The lowest BCUT2D eigenvalue weighted by Gasteiger charge is -2.26. The van der Waals surface area contributed by atoms with E-state index in [9.17, 15) is 9.59 Å². The maximum Gasteiger partial charge on any atom is 0.243 e. The number of nitrogens with two attached hydrogens (primary N) is 2. The average molecular weight is 396 g/mol. The van der Waals surface area contributed by atoms with Crippen molar-refractivity contribution in [3.8, 4) is 0 Å². The molecular formula is C22H29N5O2. The molecule has 2 aromatic rings. The molecular weight excluding hydrogens is 366 g/mol. The Morgan fingerprint density at radius 3 is 2.62 bits per heavy atom. The van der Waals surface area contributed by atoms with Crippen LogP contribution in [0.4, 0.5) is 0 Å². The molecule has 0 saturated carbocycles. The van der Waals surface area contributed by atoms with Crippen molar-refractivity contribution in [2.24, 2.45) is 11.5 Å². The first-order chi connectivity index (χ1) is 14.1. The van der Waals surface area contributed by atoms with Crippen molar-refractivity contribution in [1.82, 2.24) is 15.2 Å². The van der Waals surface area contributed by atoms with E-state index < -0.39 is 12.1 Å². The molecule has 3 rings (SSSR count). The number of benzene rings is 1. The molecule has 7 nitrogen and oxygen atoms in total. The van der Waals surface area contributed by atoms with Crippen LogP contribution in [-0.4, -0.2) is 40.3 Å². The monoisotopic (exact) mass is 395 g/mol. The van der Waals surface area contributed by atoms with E-state index in [1.54, 1.807) is 17.3 Å². The lowest BCUT2D eigenvalue weighted by molar-refractivity contribution is -0.139. The minimum absolute atomic E-state index is 0.127. The molecule has 5 N–H and O–H groups in total. The van der Waals surface area contributed by atoms with Gasteiger partial charge in [-0.3, -0.25) is 14.6 Å². The number of hydrogen-bond donors (Lipinski definition) is 3. The average Bonchev–Trinajstić information content (AvgIpc) is 3.26. The highest BCUT2D eigenvalue weighted by atomic mass is 16.2. The van der Waals surface area contributed by atoms with E-state index in [2.05, 4.69) is 10.3 Å². The molecule has 0 unspecified atom stereocenters. The third-order valence-corrected chi connectivity index (χ3v) is 5.35. The number of nitrogens with zero attached hydrogens (tertiary/aromatic N) is 2. The standard InChI is InChI=1S/C22H29N5O2/c23-13-16-5-7-18(8-6-16)15-26-21(28)20-4-2-12-27(20)22(29)19(24)10-9-17-3-1-11-25-14-17/h1,3,5-8,11,14,19-20H,2,4,9-10,12-13,15,23-24H2,(H,26,28)/t19-,20+/m1/s1. The summed E-state index contributed by atoms with van der Waals surface area (Å²) in [6.45, 7) is 1.49. The summed E-state index contributed by atoms with van der Waals surface area (Å²) in [5, 5.41) is 2.95. The third kappa shape index (κ3) is 5.62. The SMILES string of the molecule is NCc1ccc(CNC(=O)[C@@H]2CCCN2C(=O)[C@H](N)CCc2cccnc2)cc1.